The second-order valence-corrected chi connectivity index (χ2v) is 11.2. The van der Waals surface area contributed by atoms with Crippen LogP contribution in [0.1, 0.15) is 59.3 Å². The summed E-state index contributed by atoms with van der Waals surface area (Å²) in [5.74, 6) is -1.43. The van der Waals surface area contributed by atoms with E-state index in [0.29, 0.717) is 19.5 Å². The van der Waals surface area contributed by atoms with Gasteiger partial charge in [0.1, 0.15) is 12.1 Å². The highest BCUT2D eigenvalue weighted by atomic mass is 16.2. The van der Waals surface area contributed by atoms with E-state index in [2.05, 4.69) is 31.4 Å². The highest BCUT2D eigenvalue weighted by Gasteiger charge is 2.69. The molecular formula is C23H37N5O4. The van der Waals surface area contributed by atoms with Crippen LogP contribution in [0.25, 0.3) is 0 Å². The van der Waals surface area contributed by atoms with E-state index in [1.54, 1.807) is 4.90 Å². The Morgan fingerprint density at radius 3 is 2.44 bits per heavy atom. The summed E-state index contributed by atoms with van der Waals surface area (Å²) in [5, 5.41) is 5.52. The maximum absolute atomic E-state index is 13.4. The Balaban J connectivity index is 1.50. The zero-order chi connectivity index (χ0) is 23.4. The van der Waals surface area contributed by atoms with Crippen molar-refractivity contribution in [1.29, 1.82) is 0 Å². The molecule has 0 aromatic rings. The van der Waals surface area contributed by atoms with Crippen LogP contribution in [0.4, 0.5) is 0 Å². The summed E-state index contributed by atoms with van der Waals surface area (Å²) in [6, 6.07) is -2.26. The van der Waals surface area contributed by atoms with E-state index in [1.807, 2.05) is 0 Å². The molecule has 9 nitrogen and oxygen atoms in total. The zero-order valence-corrected chi connectivity index (χ0v) is 19.4. The Labute approximate surface area is 189 Å². The Morgan fingerprint density at radius 1 is 1.22 bits per heavy atom. The third-order valence-electron chi connectivity index (χ3n) is 8.87. The van der Waals surface area contributed by atoms with E-state index in [1.165, 1.54) is 0 Å². The van der Waals surface area contributed by atoms with Gasteiger partial charge in [0, 0.05) is 19.0 Å². The van der Waals surface area contributed by atoms with E-state index < -0.39 is 24.0 Å². The molecule has 4 fully saturated rings. The minimum Gasteiger partial charge on any atom is -0.368 e. The Morgan fingerprint density at radius 2 is 1.88 bits per heavy atom. The molecule has 0 aromatic heterocycles. The molecule has 6 atom stereocenters. The molecule has 178 valence electrons. The topological polar surface area (TPSA) is 148 Å². The lowest BCUT2D eigenvalue weighted by Crippen LogP contribution is -2.59. The first-order valence-electron chi connectivity index (χ1n) is 11.9. The molecule has 0 unspecified atom stereocenters. The standard InChI is InChI=1S/C23H37N5O4/c1-22(2)13-11-28(21(32)17(24)23(3)7-4-5-8-23)16(15(13)22)20(31)27-14(18(25)29)10-12-6-9-26-19(12)30/h12-17H,4-11,24H2,1-3H3,(H2,25,29)(H,26,30)(H,27,31)/t12-,13-,14-,15-,16-,17+/m0/s1. The van der Waals surface area contributed by atoms with Gasteiger partial charge in [-0.3, -0.25) is 19.2 Å². The Bertz CT molecular complexity index is 821. The van der Waals surface area contributed by atoms with Crippen LogP contribution in [-0.2, 0) is 19.2 Å². The largest absolute Gasteiger partial charge is 0.368 e. The maximum atomic E-state index is 13.4. The van der Waals surface area contributed by atoms with Crippen molar-refractivity contribution in [2.75, 3.05) is 13.1 Å². The fourth-order valence-corrected chi connectivity index (χ4v) is 6.44. The van der Waals surface area contributed by atoms with Crippen LogP contribution >= 0.6 is 0 Å². The Kier molecular flexibility index (Phi) is 5.76. The number of amides is 4. The van der Waals surface area contributed by atoms with E-state index in [4.69, 9.17) is 11.5 Å². The molecule has 32 heavy (non-hydrogen) atoms. The third-order valence-corrected chi connectivity index (χ3v) is 8.87. The van der Waals surface area contributed by atoms with Crippen molar-refractivity contribution >= 4 is 23.6 Å². The summed E-state index contributed by atoms with van der Waals surface area (Å²) >= 11 is 0. The van der Waals surface area contributed by atoms with Crippen LogP contribution in [0, 0.1) is 28.6 Å². The van der Waals surface area contributed by atoms with Gasteiger partial charge in [-0.05, 0) is 48.3 Å². The number of piperidine rings is 1. The fourth-order valence-electron chi connectivity index (χ4n) is 6.44. The SMILES string of the molecule is CC1([C@H](N)C(=O)N2C[C@H]3[C@@H]([C@H]2C(=O)N[C@@H](C[C@@H]2CCNC2=O)C(N)=O)C3(C)C)CCCC1. The van der Waals surface area contributed by atoms with Crippen LogP contribution in [0.2, 0.25) is 0 Å². The van der Waals surface area contributed by atoms with Gasteiger partial charge in [-0.15, -0.1) is 0 Å². The molecule has 2 saturated carbocycles. The monoisotopic (exact) mass is 447 g/mol. The first kappa shape index (κ1) is 23.0. The van der Waals surface area contributed by atoms with Gasteiger partial charge in [-0.25, -0.2) is 0 Å². The van der Waals surface area contributed by atoms with Crippen LogP contribution in [0.5, 0.6) is 0 Å². The summed E-state index contributed by atoms with van der Waals surface area (Å²) in [7, 11) is 0. The molecule has 6 N–H and O–H groups in total. The normalized spacial score (nSPS) is 33.9. The fraction of sp³-hybridized carbons (Fsp3) is 0.826. The van der Waals surface area contributed by atoms with E-state index in [9.17, 15) is 19.2 Å². The van der Waals surface area contributed by atoms with Crippen molar-refractivity contribution in [2.24, 2.45) is 40.1 Å². The molecule has 0 aromatic carbocycles. The van der Waals surface area contributed by atoms with Gasteiger partial charge in [0.15, 0.2) is 0 Å². The van der Waals surface area contributed by atoms with Gasteiger partial charge in [-0.2, -0.15) is 0 Å². The number of nitrogens with one attached hydrogen (secondary N) is 2. The third kappa shape index (κ3) is 3.78. The van der Waals surface area contributed by atoms with Gasteiger partial charge in [0.2, 0.25) is 23.6 Å². The van der Waals surface area contributed by atoms with Gasteiger partial charge < -0.3 is 27.0 Å². The van der Waals surface area contributed by atoms with E-state index >= 15 is 0 Å². The van der Waals surface area contributed by atoms with Crippen LogP contribution in [-0.4, -0.2) is 59.7 Å². The molecule has 4 amide bonds. The summed E-state index contributed by atoms with van der Waals surface area (Å²) in [6.07, 6.45) is 4.73. The first-order valence-corrected chi connectivity index (χ1v) is 11.9. The summed E-state index contributed by atoms with van der Waals surface area (Å²) in [6.45, 7) is 7.34. The number of carbonyl (C=O) groups is 4. The molecule has 2 saturated heterocycles. The first-order chi connectivity index (χ1) is 15.0. The van der Waals surface area contributed by atoms with Gasteiger partial charge in [0.25, 0.3) is 0 Å². The van der Waals surface area contributed by atoms with Crippen molar-refractivity contribution in [1.82, 2.24) is 15.5 Å². The number of hydrogen-bond donors (Lipinski definition) is 4. The maximum Gasteiger partial charge on any atom is 0.243 e. The second-order valence-electron chi connectivity index (χ2n) is 11.2. The smallest absolute Gasteiger partial charge is 0.243 e. The number of primary amides is 1. The second kappa shape index (κ2) is 8.01. The highest BCUT2D eigenvalue weighted by molar-refractivity contribution is 5.94. The molecule has 0 spiro atoms. The molecule has 0 radical (unpaired) electrons. The number of hydrogen-bond acceptors (Lipinski definition) is 5. The summed E-state index contributed by atoms with van der Waals surface area (Å²) in [5.41, 5.74) is 11.7. The number of rotatable bonds is 7. The minimum atomic E-state index is -0.949. The summed E-state index contributed by atoms with van der Waals surface area (Å²) in [4.78, 5) is 52.5. The van der Waals surface area contributed by atoms with Crippen molar-refractivity contribution in [3.8, 4) is 0 Å². The van der Waals surface area contributed by atoms with E-state index in [-0.39, 0.29) is 52.7 Å². The molecular weight excluding hydrogens is 410 g/mol. The average Bonchev–Trinajstić information content (AvgIpc) is 3.25. The number of nitrogens with two attached hydrogens (primary N) is 2. The van der Waals surface area contributed by atoms with Crippen LogP contribution in [0.3, 0.4) is 0 Å². The van der Waals surface area contributed by atoms with Gasteiger partial charge in [0.05, 0.1) is 6.04 Å². The Hall–Kier alpha value is -2.16. The van der Waals surface area contributed by atoms with Crippen LogP contribution in [0.15, 0.2) is 0 Å². The molecule has 9 heteroatoms. The minimum absolute atomic E-state index is 0.0262. The van der Waals surface area contributed by atoms with Crippen molar-refractivity contribution < 1.29 is 19.2 Å². The van der Waals surface area contributed by atoms with Crippen LogP contribution < -0.4 is 22.1 Å². The molecule has 4 aliphatic rings. The highest BCUT2D eigenvalue weighted by Crippen LogP contribution is 2.65. The van der Waals surface area contributed by atoms with Crippen molar-refractivity contribution in [3.05, 3.63) is 0 Å². The lowest BCUT2D eigenvalue weighted by atomic mass is 9.80. The molecule has 2 heterocycles. The number of carbonyl (C=O) groups excluding carboxylic acids is 4. The van der Waals surface area contributed by atoms with Gasteiger partial charge >= 0.3 is 0 Å². The quantitative estimate of drug-likeness (QED) is 0.429. The zero-order valence-electron chi connectivity index (χ0n) is 19.4. The lowest BCUT2D eigenvalue weighted by Gasteiger charge is -2.37. The predicted molar refractivity (Wildman–Crippen MR) is 118 cm³/mol. The molecule has 2 aliphatic heterocycles. The molecule has 4 rings (SSSR count). The van der Waals surface area contributed by atoms with Crippen molar-refractivity contribution in [3.63, 3.8) is 0 Å². The number of fused-ring (bicyclic) bond motifs is 1. The summed E-state index contributed by atoms with van der Waals surface area (Å²) < 4.78 is 0. The lowest BCUT2D eigenvalue weighted by molar-refractivity contribution is -0.144. The molecule has 2 aliphatic carbocycles. The number of nitrogens with zero attached hydrogens (tertiary/aromatic N) is 1. The number of likely N-dealkylation sites (tertiary alicyclic amines) is 1. The van der Waals surface area contributed by atoms with Crippen molar-refractivity contribution in [2.45, 2.75) is 77.4 Å². The van der Waals surface area contributed by atoms with Gasteiger partial charge in [-0.1, -0.05) is 33.6 Å². The average molecular weight is 448 g/mol. The predicted octanol–water partition coefficient (Wildman–Crippen LogP) is -0.127. The molecule has 0 bridgehead atoms. The van der Waals surface area contributed by atoms with E-state index in [0.717, 1.165) is 25.7 Å².